The van der Waals surface area contributed by atoms with Crippen molar-refractivity contribution in [1.82, 2.24) is 10.7 Å². The number of carbonyl (C=O) groups is 3. The predicted octanol–water partition coefficient (Wildman–Crippen LogP) is 0.680. The molecule has 0 spiro atoms. The number of benzene rings is 1. The molecule has 3 amide bonds. The molecule has 24 heavy (non-hydrogen) atoms. The number of nitrogens with zero attached hydrogens (tertiary/aromatic N) is 1. The number of hydrogen-bond acceptors (Lipinski definition) is 5. The van der Waals surface area contributed by atoms with Crippen LogP contribution in [0, 0.1) is 0 Å². The number of hydrogen-bond donors (Lipinski definition) is 3. The quantitative estimate of drug-likeness (QED) is 0.257. The molecule has 9 heteroatoms. The number of primary amides is 1. The first-order chi connectivity index (χ1) is 11.4. The summed E-state index contributed by atoms with van der Waals surface area (Å²) >= 11 is 3.29. The largest absolute Gasteiger partial charge is 0.483 e. The van der Waals surface area contributed by atoms with E-state index in [9.17, 15) is 14.4 Å². The molecule has 0 bridgehead atoms. The zero-order valence-corrected chi connectivity index (χ0v) is 14.8. The fourth-order valence-corrected chi connectivity index (χ4v) is 2.05. The normalized spacial score (nSPS) is 10.4. The molecule has 1 aromatic carbocycles. The Balaban J connectivity index is 2.52. The average molecular weight is 399 g/mol. The van der Waals surface area contributed by atoms with Crippen LogP contribution < -0.4 is 21.2 Å². The summed E-state index contributed by atoms with van der Waals surface area (Å²) in [6.07, 6.45) is 3.11. The average Bonchev–Trinajstić information content (AvgIpc) is 2.53. The van der Waals surface area contributed by atoms with Gasteiger partial charge in [-0.3, -0.25) is 14.4 Å². The van der Waals surface area contributed by atoms with Gasteiger partial charge in [-0.15, -0.1) is 0 Å². The van der Waals surface area contributed by atoms with E-state index < -0.39 is 17.7 Å². The van der Waals surface area contributed by atoms with Crippen LogP contribution in [0.2, 0.25) is 0 Å². The van der Waals surface area contributed by atoms with Gasteiger partial charge in [-0.25, -0.2) is 5.43 Å². The van der Waals surface area contributed by atoms with Gasteiger partial charge < -0.3 is 15.8 Å². The van der Waals surface area contributed by atoms with Crippen molar-refractivity contribution in [2.75, 3.05) is 13.2 Å². The Morgan fingerprint density at radius 1 is 1.33 bits per heavy atom. The van der Waals surface area contributed by atoms with Crippen LogP contribution in [0.15, 0.2) is 27.8 Å². The molecule has 0 aliphatic carbocycles. The second-order valence-corrected chi connectivity index (χ2v) is 5.61. The number of unbranched alkanes of at least 4 members (excludes halogenated alkanes) is 1. The second kappa shape index (κ2) is 10.4. The summed E-state index contributed by atoms with van der Waals surface area (Å²) in [6.45, 7) is 2.21. The highest BCUT2D eigenvalue weighted by atomic mass is 79.9. The fraction of sp³-hybridized carbons (Fsp3) is 0.333. The maximum Gasteiger partial charge on any atom is 0.329 e. The third-order valence-electron chi connectivity index (χ3n) is 2.73. The second-order valence-electron chi connectivity index (χ2n) is 4.75. The molecule has 4 N–H and O–H groups in total. The molecule has 0 saturated carbocycles. The minimum Gasteiger partial charge on any atom is -0.483 e. The molecule has 0 fully saturated rings. The number of nitrogens with one attached hydrogen (secondary N) is 2. The molecule has 0 aromatic heterocycles. The van der Waals surface area contributed by atoms with Gasteiger partial charge in [0.2, 0.25) is 0 Å². The molecule has 0 atom stereocenters. The van der Waals surface area contributed by atoms with Gasteiger partial charge in [0.25, 0.3) is 5.91 Å². The van der Waals surface area contributed by atoms with Gasteiger partial charge in [-0.2, -0.15) is 5.10 Å². The van der Waals surface area contributed by atoms with E-state index in [1.165, 1.54) is 6.21 Å². The molecule has 0 aliphatic rings. The van der Waals surface area contributed by atoms with E-state index in [1.807, 2.05) is 6.92 Å². The molecule has 130 valence electrons. The number of ether oxygens (including phenoxy) is 1. The van der Waals surface area contributed by atoms with E-state index in [2.05, 4.69) is 31.8 Å². The highest BCUT2D eigenvalue weighted by Gasteiger charge is 2.11. The molecule has 1 rings (SSSR count). The number of nitrogens with two attached hydrogens (primary N) is 1. The van der Waals surface area contributed by atoms with E-state index in [-0.39, 0.29) is 6.61 Å². The van der Waals surface area contributed by atoms with Crippen molar-refractivity contribution in [2.45, 2.75) is 19.8 Å². The molecule has 0 unspecified atom stereocenters. The molecule has 0 saturated heterocycles. The topological polar surface area (TPSA) is 123 Å². The zero-order chi connectivity index (χ0) is 17.9. The van der Waals surface area contributed by atoms with Gasteiger partial charge in [-0.05, 0) is 46.1 Å². The Morgan fingerprint density at radius 3 is 2.71 bits per heavy atom. The smallest absolute Gasteiger partial charge is 0.329 e. The summed E-state index contributed by atoms with van der Waals surface area (Å²) in [5.74, 6) is -1.68. The monoisotopic (exact) mass is 398 g/mol. The summed E-state index contributed by atoms with van der Waals surface area (Å²) in [7, 11) is 0. The lowest BCUT2D eigenvalue weighted by molar-refractivity contribution is -0.139. The molecule has 0 radical (unpaired) electrons. The number of amides is 3. The highest BCUT2D eigenvalue weighted by Crippen LogP contribution is 2.25. The Bertz CT molecular complexity index is 634. The van der Waals surface area contributed by atoms with Gasteiger partial charge in [0.15, 0.2) is 6.61 Å². The van der Waals surface area contributed by atoms with Crippen molar-refractivity contribution < 1.29 is 19.1 Å². The molecule has 1 aromatic rings. The van der Waals surface area contributed by atoms with Crippen LogP contribution in [-0.4, -0.2) is 37.1 Å². The van der Waals surface area contributed by atoms with Crippen LogP contribution in [0.4, 0.5) is 0 Å². The van der Waals surface area contributed by atoms with Gasteiger partial charge in [0.1, 0.15) is 5.75 Å². The Morgan fingerprint density at radius 2 is 2.08 bits per heavy atom. The zero-order valence-electron chi connectivity index (χ0n) is 13.2. The summed E-state index contributed by atoms with van der Waals surface area (Å²) in [4.78, 5) is 33.6. The Hall–Kier alpha value is -2.42. The third kappa shape index (κ3) is 7.23. The molecule has 0 heterocycles. The van der Waals surface area contributed by atoms with Crippen molar-refractivity contribution in [3.8, 4) is 5.75 Å². The van der Waals surface area contributed by atoms with Crippen molar-refractivity contribution in [1.29, 1.82) is 0 Å². The fourth-order valence-electron chi connectivity index (χ4n) is 1.54. The van der Waals surface area contributed by atoms with Crippen LogP contribution in [0.25, 0.3) is 0 Å². The van der Waals surface area contributed by atoms with Crippen LogP contribution >= 0.6 is 15.9 Å². The Kier molecular flexibility index (Phi) is 8.48. The molecule has 0 aliphatic heterocycles. The first-order valence-corrected chi connectivity index (χ1v) is 8.05. The van der Waals surface area contributed by atoms with Crippen LogP contribution in [0.5, 0.6) is 5.75 Å². The van der Waals surface area contributed by atoms with Crippen LogP contribution in [-0.2, 0) is 14.4 Å². The minimum absolute atomic E-state index is 0.227. The van der Waals surface area contributed by atoms with Crippen molar-refractivity contribution in [3.63, 3.8) is 0 Å². The van der Waals surface area contributed by atoms with E-state index >= 15 is 0 Å². The van der Waals surface area contributed by atoms with E-state index in [1.54, 1.807) is 18.2 Å². The first-order valence-electron chi connectivity index (χ1n) is 7.26. The summed E-state index contributed by atoms with van der Waals surface area (Å²) in [5, 5.41) is 6.20. The number of hydrazone groups is 1. The van der Waals surface area contributed by atoms with Crippen LogP contribution in [0.1, 0.15) is 25.3 Å². The predicted molar refractivity (Wildman–Crippen MR) is 92.5 cm³/mol. The highest BCUT2D eigenvalue weighted by molar-refractivity contribution is 9.10. The summed E-state index contributed by atoms with van der Waals surface area (Å²) < 4.78 is 5.78. The SMILES string of the molecule is CCCCNC(=O)C(=O)N/N=C\c1ccc(OCC(N)=O)c(Br)c1. The molecular weight excluding hydrogens is 380 g/mol. The number of halogens is 1. The van der Waals surface area contributed by atoms with Crippen molar-refractivity contribution in [3.05, 3.63) is 28.2 Å². The lowest BCUT2D eigenvalue weighted by Gasteiger charge is -2.06. The lowest BCUT2D eigenvalue weighted by atomic mass is 10.2. The van der Waals surface area contributed by atoms with Crippen molar-refractivity contribution in [2.24, 2.45) is 10.8 Å². The maximum absolute atomic E-state index is 11.5. The number of rotatable bonds is 8. The third-order valence-corrected chi connectivity index (χ3v) is 3.35. The molecule has 8 nitrogen and oxygen atoms in total. The lowest BCUT2D eigenvalue weighted by Crippen LogP contribution is -2.38. The van der Waals surface area contributed by atoms with E-state index in [0.29, 0.717) is 22.3 Å². The van der Waals surface area contributed by atoms with Gasteiger partial charge >= 0.3 is 11.8 Å². The minimum atomic E-state index is -0.831. The Labute approximate surface area is 147 Å². The number of carbonyl (C=O) groups excluding carboxylic acids is 3. The van der Waals surface area contributed by atoms with Crippen LogP contribution in [0.3, 0.4) is 0 Å². The van der Waals surface area contributed by atoms with Gasteiger partial charge in [-0.1, -0.05) is 13.3 Å². The van der Waals surface area contributed by atoms with Gasteiger partial charge in [0.05, 0.1) is 10.7 Å². The standard InChI is InChI=1S/C15H19BrN4O4/c1-2-3-6-18-14(22)15(23)20-19-8-10-4-5-12(11(16)7-10)24-9-13(17)21/h4-5,7-8H,2-3,6,9H2,1H3,(H2,17,21)(H,18,22)(H,20,23)/b19-8-. The van der Waals surface area contributed by atoms with E-state index in [0.717, 1.165) is 12.8 Å². The maximum atomic E-state index is 11.5. The van der Waals surface area contributed by atoms with E-state index in [4.69, 9.17) is 10.5 Å². The van der Waals surface area contributed by atoms with Gasteiger partial charge in [0, 0.05) is 6.54 Å². The van der Waals surface area contributed by atoms with Crippen molar-refractivity contribution >= 4 is 39.9 Å². The first kappa shape index (κ1) is 19.6. The summed E-state index contributed by atoms with van der Waals surface area (Å²) in [5.41, 5.74) is 7.80. The molecular formula is C15H19BrN4O4. The summed E-state index contributed by atoms with van der Waals surface area (Å²) in [6, 6.07) is 4.96.